The second kappa shape index (κ2) is 6.63. The van der Waals surface area contributed by atoms with Crippen molar-refractivity contribution in [2.75, 3.05) is 6.61 Å². The van der Waals surface area contributed by atoms with E-state index in [-0.39, 0.29) is 22.6 Å². The monoisotopic (exact) mass is 294 g/mol. The van der Waals surface area contributed by atoms with Crippen molar-refractivity contribution < 1.29 is 24.5 Å². The van der Waals surface area contributed by atoms with Gasteiger partial charge in [-0.15, -0.1) is 0 Å². The summed E-state index contributed by atoms with van der Waals surface area (Å²) >= 11 is 0. The van der Waals surface area contributed by atoms with Crippen molar-refractivity contribution in [1.82, 2.24) is 0 Å². The summed E-state index contributed by atoms with van der Waals surface area (Å²) in [7, 11) is 0. The predicted molar refractivity (Wildman–Crippen MR) is 79.2 cm³/mol. The lowest BCUT2D eigenvalue weighted by atomic mass is 10.0. The lowest BCUT2D eigenvalue weighted by molar-refractivity contribution is -0.151. The van der Waals surface area contributed by atoms with Crippen LogP contribution < -0.4 is 4.74 Å². The van der Waals surface area contributed by atoms with Gasteiger partial charge in [-0.3, -0.25) is 0 Å². The number of aromatic hydroxyl groups is 1. The van der Waals surface area contributed by atoms with Gasteiger partial charge in [0.2, 0.25) is 0 Å². The first-order valence-corrected chi connectivity index (χ1v) is 6.72. The second-order valence-electron chi connectivity index (χ2n) is 5.56. The van der Waals surface area contributed by atoms with Crippen LogP contribution in [0.2, 0.25) is 0 Å². The van der Waals surface area contributed by atoms with E-state index >= 15 is 0 Å². The summed E-state index contributed by atoms with van der Waals surface area (Å²) in [5.41, 5.74) is -0.680. The van der Waals surface area contributed by atoms with Crippen molar-refractivity contribution in [3.8, 4) is 11.5 Å². The van der Waals surface area contributed by atoms with Crippen LogP contribution in [0.15, 0.2) is 30.4 Å². The van der Waals surface area contributed by atoms with Gasteiger partial charge in [0.25, 0.3) is 0 Å². The smallest absolute Gasteiger partial charge is 0.336 e. The summed E-state index contributed by atoms with van der Waals surface area (Å²) in [6.07, 6.45) is -1.36. The number of aliphatic hydroxyl groups excluding tert-OH is 1. The van der Waals surface area contributed by atoms with Crippen molar-refractivity contribution >= 4 is 5.97 Å². The maximum Gasteiger partial charge on any atom is 0.336 e. The van der Waals surface area contributed by atoms with E-state index in [4.69, 9.17) is 9.47 Å². The van der Waals surface area contributed by atoms with Gasteiger partial charge in [-0.25, -0.2) is 4.79 Å². The highest BCUT2D eigenvalue weighted by molar-refractivity contribution is 5.89. The van der Waals surface area contributed by atoms with E-state index in [1.54, 1.807) is 39.8 Å². The average Bonchev–Trinajstić information content (AvgIpc) is 2.38. The molecular formula is C16H22O5. The third kappa shape index (κ3) is 4.49. The standard InChI is InChI=1S/C16H22O5/c1-6-20-12-9-7-8-11(14(12)18)13(17)10(2)15(19)21-16(3,4)5/h7-9,13,17-18H,2,6H2,1,3-5H3. The molecule has 2 N–H and O–H groups in total. The molecule has 0 aromatic heterocycles. The van der Waals surface area contributed by atoms with Crippen LogP contribution in [-0.4, -0.2) is 28.4 Å². The number of esters is 1. The summed E-state index contributed by atoms with van der Waals surface area (Å²) in [5.74, 6) is -0.682. The number of aliphatic hydroxyl groups is 1. The quantitative estimate of drug-likeness (QED) is 0.645. The molecule has 0 saturated heterocycles. The van der Waals surface area contributed by atoms with Gasteiger partial charge in [0, 0.05) is 5.56 Å². The van der Waals surface area contributed by atoms with Crippen LogP contribution in [0.1, 0.15) is 39.4 Å². The topological polar surface area (TPSA) is 76.0 Å². The van der Waals surface area contributed by atoms with E-state index in [0.717, 1.165) is 0 Å². The molecule has 5 nitrogen and oxygen atoms in total. The fourth-order valence-corrected chi connectivity index (χ4v) is 1.67. The maximum absolute atomic E-state index is 11.9. The van der Waals surface area contributed by atoms with Crippen molar-refractivity contribution in [1.29, 1.82) is 0 Å². The summed E-state index contributed by atoms with van der Waals surface area (Å²) in [4.78, 5) is 11.9. The van der Waals surface area contributed by atoms with Crippen LogP contribution in [0.3, 0.4) is 0 Å². The number of carbonyl (C=O) groups excluding carboxylic acids is 1. The molecule has 1 aromatic carbocycles. The number of phenols is 1. The normalized spacial score (nSPS) is 12.6. The molecule has 0 aliphatic heterocycles. The second-order valence-corrected chi connectivity index (χ2v) is 5.56. The summed E-state index contributed by atoms with van der Waals surface area (Å²) < 4.78 is 10.4. The summed E-state index contributed by atoms with van der Waals surface area (Å²) in [6, 6.07) is 4.69. The Bertz CT molecular complexity index is 528. The predicted octanol–water partition coefficient (Wildman–Crippen LogP) is 2.72. The molecule has 0 spiro atoms. The van der Waals surface area contributed by atoms with E-state index in [9.17, 15) is 15.0 Å². The Kier molecular flexibility index (Phi) is 5.38. The highest BCUT2D eigenvalue weighted by Gasteiger charge is 2.26. The Morgan fingerprint density at radius 2 is 2.00 bits per heavy atom. The molecule has 5 heteroatoms. The fraction of sp³-hybridized carbons (Fsp3) is 0.438. The summed E-state index contributed by atoms with van der Waals surface area (Å²) in [6.45, 7) is 10.9. The number of benzene rings is 1. The van der Waals surface area contributed by atoms with Crippen molar-refractivity contribution in [2.24, 2.45) is 0 Å². The van der Waals surface area contributed by atoms with Gasteiger partial charge in [0.05, 0.1) is 12.2 Å². The van der Waals surface area contributed by atoms with E-state index in [1.807, 2.05) is 0 Å². The van der Waals surface area contributed by atoms with Gasteiger partial charge < -0.3 is 19.7 Å². The zero-order chi connectivity index (χ0) is 16.2. The Morgan fingerprint density at radius 3 is 2.52 bits per heavy atom. The molecule has 0 heterocycles. The first kappa shape index (κ1) is 17.0. The van der Waals surface area contributed by atoms with Gasteiger partial charge in [-0.05, 0) is 33.8 Å². The minimum atomic E-state index is -1.36. The fourth-order valence-electron chi connectivity index (χ4n) is 1.67. The van der Waals surface area contributed by atoms with Crippen LogP contribution in [0.25, 0.3) is 0 Å². The zero-order valence-electron chi connectivity index (χ0n) is 12.8. The SMILES string of the molecule is C=C(C(=O)OC(C)(C)C)C(O)c1cccc(OCC)c1O. The lowest BCUT2D eigenvalue weighted by Crippen LogP contribution is -2.26. The molecule has 1 atom stereocenters. The Morgan fingerprint density at radius 1 is 1.38 bits per heavy atom. The molecule has 116 valence electrons. The van der Waals surface area contributed by atoms with E-state index in [0.29, 0.717) is 6.61 Å². The Balaban J connectivity index is 2.98. The van der Waals surface area contributed by atoms with Crippen LogP contribution >= 0.6 is 0 Å². The zero-order valence-corrected chi connectivity index (χ0v) is 12.8. The first-order valence-electron chi connectivity index (χ1n) is 6.72. The molecule has 0 aliphatic rings. The Hall–Kier alpha value is -2.01. The van der Waals surface area contributed by atoms with Gasteiger partial charge in [-0.1, -0.05) is 18.7 Å². The lowest BCUT2D eigenvalue weighted by Gasteiger charge is -2.22. The Labute approximate surface area is 124 Å². The van der Waals surface area contributed by atoms with Crippen molar-refractivity contribution in [3.05, 3.63) is 35.9 Å². The molecule has 0 radical (unpaired) electrons. The highest BCUT2D eigenvalue weighted by Crippen LogP contribution is 2.36. The highest BCUT2D eigenvalue weighted by atomic mass is 16.6. The third-order valence-corrected chi connectivity index (χ3v) is 2.62. The minimum absolute atomic E-state index is 0.145. The number of ether oxygens (including phenoxy) is 2. The van der Waals surface area contributed by atoms with Crippen LogP contribution in [0.4, 0.5) is 0 Å². The molecule has 0 aliphatic carbocycles. The van der Waals surface area contributed by atoms with Crippen molar-refractivity contribution in [2.45, 2.75) is 39.4 Å². The molecule has 1 rings (SSSR count). The first-order chi connectivity index (χ1) is 9.67. The van der Waals surface area contributed by atoms with Gasteiger partial charge in [-0.2, -0.15) is 0 Å². The molecule has 0 amide bonds. The molecule has 0 fully saturated rings. The van der Waals surface area contributed by atoms with E-state index < -0.39 is 17.7 Å². The van der Waals surface area contributed by atoms with Gasteiger partial charge in [0.1, 0.15) is 11.7 Å². The molecular weight excluding hydrogens is 272 g/mol. The van der Waals surface area contributed by atoms with Crippen LogP contribution in [-0.2, 0) is 9.53 Å². The number of hydrogen-bond donors (Lipinski definition) is 2. The van der Waals surface area contributed by atoms with E-state index in [1.165, 1.54) is 6.07 Å². The molecule has 21 heavy (non-hydrogen) atoms. The average molecular weight is 294 g/mol. The number of para-hydroxylation sites is 1. The molecule has 1 unspecified atom stereocenters. The van der Waals surface area contributed by atoms with E-state index in [2.05, 4.69) is 6.58 Å². The van der Waals surface area contributed by atoms with Crippen molar-refractivity contribution in [3.63, 3.8) is 0 Å². The molecule has 0 saturated carbocycles. The number of carbonyl (C=O) groups is 1. The molecule has 0 bridgehead atoms. The largest absolute Gasteiger partial charge is 0.504 e. The van der Waals surface area contributed by atoms with Crippen LogP contribution in [0, 0.1) is 0 Å². The molecule has 1 aromatic rings. The third-order valence-electron chi connectivity index (χ3n) is 2.62. The number of phenolic OH excluding ortho intramolecular Hbond substituents is 1. The van der Waals surface area contributed by atoms with Crippen LogP contribution in [0.5, 0.6) is 11.5 Å². The summed E-state index contributed by atoms with van der Waals surface area (Å²) in [5, 5.41) is 20.3. The van der Waals surface area contributed by atoms with Gasteiger partial charge in [0.15, 0.2) is 11.5 Å². The number of rotatable bonds is 5. The maximum atomic E-state index is 11.9. The minimum Gasteiger partial charge on any atom is -0.504 e. The number of hydrogen-bond acceptors (Lipinski definition) is 5. The van der Waals surface area contributed by atoms with Gasteiger partial charge >= 0.3 is 5.97 Å².